The highest BCUT2D eigenvalue weighted by Crippen LogP contribution is 2.33. The highest BCUT2D eigenvalue weighted by atomic mass is 16.7. The van der Waals surface area contributed by atoms with Crippen LogP contribution in [0.1, 0.15) is 6.92 Å². The van der Waals surface area contributed by atoms with Crippen molar-refractivity contribution in [2.45, 2.75) is 13.2 Å². The normalized spacial score (nSPS) is 19.4. The fraction of sp³-hybridized carbons (Fsp3) is 0.429. The molecule has 0 spiro atoms. The van der Waals surface area contributed by atoms with Crippen molar-refractivity contribution in [2.75, 3.05) is 36.1 Å². The number of para-hydroxylation sites is 2. The Bertz CT molecular complexity index is 540. The van der Waals surface area contributed by atoms with Crippen molar-refractivity contribution in [2.24, 2.45) is 0 Å². The summed E-state index contributed by atoms with van der Waals surface area (Å²) in [6.07, 6.45) is -0.393. The van der Waals surface area contributed by atoms with E-state index >= 15 is 0 Å². The van der Waals surface area contributed by atoms with Gasteiger partial charge in [0.15, 0.2) is 6.29 Å². The number of rotatable bonds is 2. The smallest absolute Gasteiger partial charge is 0.247 e. The minimum Gasteiger partial charge on any atom is -0.348 e. The Morgan fingerprint density at radius 2 is 1.90 bits per heavy atom. The molecule has 0 radical (unpaired) electrons. The van der Waals surface area contributed by atoms with E-state index in [0.29, 0.717) is 19.8 Å². The van der Waals surface area contributed by atoms with Crippen molar-refractivity contribution in [3.63, 3.8) is 0 Å². The van der Waals surface area contributed by atoms with Gasteiger partial charge in [-0.15, -0.1) is 0 Å². The van der Waals surface area contributed by atoms with Crippen LogP contribution in [0.2, 0.25) is 0 Å². The molecule has 2 heterocycles. The molecule has 1 fully saturated rings. The van der Waals surface area contributed by atoms with Crippen LogP contribution in [0, 0.1) is 0 Å². The van der Waals surface area contributed by atoms with Crippen LogP contribution < -0.4 is 9.80 Å². The first kappa shape index (κ1) is 13.1. The first-order valence-electron chi connectivity index (χ1n) is 6.57. The molecule has 6 nitrogen and oxygen atoms in total. The molecule has 3 rings (SSSR count). The second-order valence-electron chi connectivity index (χ2n) is 4.77. The molecule has 0 aliphatic carbocycles. The van der Waals surface area contributed by atoms with Crippen LogP contribution in [0.5, 0.6) is 0 Å². The lowest BCUT2D eigenvalue weighted by atomic mass is 10.1. The first-order chi connectivity index (χ1) is 9.66. The lowest BCUT2D eigenvalue weighted by molar-refractivity contribution is -0.122. The van der Waals surface area contributed by atoms with Crippen LogP contribution in [0.4, 0.5) is 11.4 Å². The molecule has 1 aromatic rings. The topological polar surface area (TPSA) is 59.1 Å². The molecule has 0 saturated carbocycles. The zero-order valence-electron chi connectivity index (χ0n) is 11.2. The third kappa shape index (κ3) is 2.28. The van der Waals surface area contributed by atoms with E-state index in [4.69, 9.17) is 9.47 Å². The van der Waals surface area contributed by atoms with Gasteiger partial charge in [0.1, 0.15) is 6.54 Å². The number of ether oxygens (including phenoxy) is 2. The summed E-state index contributed by atoms with van der Waals surface area (Å²) in [4.78, 5) is 27.1. The predicted octanol–water partition coefficient (Wildman–Crippen LogP) is 0.759. The van der Waals surface area contributed by atoms with Crippen LogP contribution in [0.25, 0.3) is 0 Å². The molecule has 0 bridgehead atoms. The molecule has 1 saturated heterocycles. The van der Waals surface area contributed by atoms with E-state index in [1.54, 1.807) is 4.90 Å². The number of benzene rings is 1. The maximum atomic E-state index is 12.3. The number of fused-ring (bicyclic) bond motifs is 1. The molecule has 106 valence electrons. The minimum absolute atomic E-state index is 0.0546. The lowest BCUT2D eigenvalue weighted by Gasteiger charge is -2.36. The zero-order valence-corrected chi connectivity index (χ0v) is 11.2. The Morgan fingerprint density at radius 1 is 1.25 bits per heavy atom. The van der Waals surface area contributed by atoms with Gasteiger partial charge in [-0.2, -0.15) is 0 Å². The maximum Gasteiger partial charge on any atom is 0.247 e. The standard InChI is InChI=1S/C14H16N2O4/c1-10(17)15-8-13(18)16(9-14-19-6-7-20-14)12-5-3-2-4-11(12)15/h2-5,14H,6-9H2,1H3. The van der Waals surface area contributed by atoms with Crippen molar-refractivity contribution in [3.8, 4) is 0 Å². The number of hydrogen-bond donors (Lipinski definition) is 0. The average Bonchev–Trinajstić information content (AvgIpc) is 2.94. The van der Waals surface area contributed by atoms with E-state index in [1.807, 2.05) is 24.3 Å². The number of anilines is 2. The van der Waals surface area contributed by atoms with Crippen LogP contribution in [0.15, 0.2) is 24.3 Å². The number of hydrogen-bond acceptors (Lipinski definition) is 4. The van der Waals surface area contributed by atoms with Crippen molar-refractivity contribution in [1.29, 1.82) is 0 Å². The van der Waals surface area contributed by atoms with Gasteiger partial charge in [-0.1, -0.05) is 12.1 Å². The quantitative estimate of drug-likeness (QED) is 0.800. The summed E-state index contributed by atoms with van der Waals surface area (Å²) in [5.74, 6) is -0.267. The number of carbonyl (C=O) groups excluding carboxylic acids is 2. The molecule has 6 heteroatoms. The van der Waals surface area contributed by atoms with Crippen molar-refractivity contribution in [1.82, 2.24) is 0 Å². The Balaban J connectivity index is 1.92. The SMILES string of the molecule is CC(=O)N1CC(=O)N(CC2OCCO2)c2ccccc21. The monoisotopic (exact) mass is 276 g/mol. The van der Waals surface area contributed by atoms with Gasteiger partial charge in [-0.3, -0.25) is 9.59 Å². The van der Waals surface area contributed by atoms with Crippen molar-refractivity contribution >= 4 is 23.2 Å². The molecule has 2 aliphatic heterocycles. The highest BCUT2D eigenvalue weighted by Gasteiger charge is 2.33. The Hall–Kier alpha value is -1.92. The van der Waals surface area contributed by atoms with Crippen LogP contribution in [-0.4, -0.2) is 44.4 Å². The van der Waals surface area contributed by atoms with Gasteiger partial charge in [0.25, 0.3) is 0 Å². The lowest BCUT2D eigenvalue weighted by Crippen LogP contribution is -2.49. The second-order valence-corrected chi connectivity index (χ2v) is 4.77. The number of nitrogens with zero attached hydrogens (tertiary/aromatic N) is 2. The van der Waals surface area contributed by atoms with E-state index in [1.165, 1.54) is 11.8 Å². The van der Waals surface area contributed by atoms with Gasteiger partial charge in [0, 0.05) is 6.92 Å². The van der Waals surface area contributed by atoms with Crippen LogP contribution >= 0.6 is 0 Å². The molecule has 2 aliphatic rings. The van der Waals surface area contributed by atoms with Crippen LogP contribution in [-0.2, 0) is 19.1 Å². The van der Waals surface area contributed by atoms with Crippen LogP contribution in [0.3, 0.4) is 0 Å². The van der Waals surface area contributed by atoms with Crippen molar-refractivity contribution < 1.29 is 19.1 Å². The van der Waals surface area contributed by atoms with Gasteiger partial charge in [0.05, 0.1) is 31.1 Å². The van der Waals surface area contributed by atoms with E-state index in [-0.39, 0.29) is 18.4 Å². The summed E-state index contributed by atoms with van der Waals surface area (Å²) < 4.78 is 10.8. The second kappa shape index (κ2) is 5.22. The minimum atomic E-state index is -0.393. The summed E-state index contributed by atoms with van der Waals surface area (Å²) >= 11 is 0. The van der Waals surface area contributed by atoms with Gasteiger partial charge >= 0.3 is 0 Å². The third-order valence-electron chi connectivity index (χ3n) is 3.46. The highest BCUT2D eigenvalue weighted by molar-refractivity contribution is 6.10. The predicted molar refractivity (Wildman–Crippen MR) is 72.5 cm³/mol. The zero-order chi connectivity index (χ0) is 14.1. The van der Waals surface area contributed by atoms with Gasteiger partial charge < -0.3 is 19.3 Å². The summed E-state index contributed by atoms with van der Waals surface area (Å²) in [6, 6.07) is 7.37. The summed E-state index contributed by atoms with van der Waals surface area (Å²) in [5.41, 5.74) is 1.47. The third-order valence-corrected chi connectivity index (χ3v) is 3.46. The fourth-order valence-electron chi connectivity index (χ4n) is 2.50. The van der Waals surface area contributed by atoms with Crippen molar-refractivity contribution in [3.05, 3.63) is 24.3 Å². The maximum absolute atomic E-state index is 12.3. The molecule has 0 aromatic heterocycles. The fourth-order valence-corrected chi connectivity index (χ4v) is 2.50. The molecule has 1 aromatic carbocycles. The molecule has 0 atom stereocenters. The molecular formula is C14H16N2O4. The van der Waals surface area contributed by atoms with E-state index in [2.05, 4.69) is 0 Å². The Labute approximate surface area is 116 Å². The molecule has 20 heavy (non-hydrogen) atoms. The Morgan fingerprint density at radius 3 is 2.55 bits per heavy atom. The largest absolute Gasteiger partial charge is 0.348 e. The molecule has 2 amide bonds. The average molecular weight is 276 g/mol. The number of amides is 2. The summed E-state index contributed by atoms with van der Waals surface area (Å²) in [7, 11) is 0. The molecule has 0 unspecified atom stereocenters. The summed E-state index contributed by atoms with van der Waals surface area (Å²) in [6.45, 7) is 2.96. The van der Waals surface area contributed by atoms with E-state index in [9.17, 15) is 9.59 Å². The van der Waals surface area contributed by atoms with Gasteiger partial charge in [0.2, 0.25) is 11.8 Å². The molecular weight excluding hydrogens is 260 g/mol. The summed E-state index contributed by atoms with van der Waals surface area (Å²) in [5, 5.41) is 0. The number of carbonyl (C=O) groups is 2. The molecule has 0 N–H and O–H groups in total. The van der Waals surface area contributed by atoms with E-state index < -0.39 is 6.29 Å². The van der Waals surface area contributed by atoms with Gasteiger partial charge in [-0.05, 0) is 12.1 Å². The first-order valence-corrected chi connectivity index (χ1v) is 6.57. The Kier molecular flexibility index (Phi) is 3.42. The van der Waals surface area contributed by atoms with E-state index in [0.717, 1.165) is 11.4 Å². The van der Waals surface area contributed by atoms with Gasteiger partial charge in [-0.25, -0.2) is 0 Å².